The Morgan fingerprint density at radius 3 is 2.71 bits per heavy atom. The summed E-state index contributed by atoms with van der Waals surface area (Å²) in [5.74, 6) is 0.625. The standard InChI is InChI=1S/C18H18ClN3O2/c1-11-4-5-14(19)9-16(11)20-18(23)17-7-6-15(24-17)10-22-13(3)8-12(2)21-22/h4-9H,10H2,1-3H3,(H,20,23). The van der Waals surface area contributed by atoms with Crippen molar-refractivity contribution < 1.29 is 9.21 Å². The van der Waals surface area contributed by atoms with Gasteiger partial charge >= 0.3 is 0 Å². The molecule has 0 saturated heterocycles. The number of anilines is 1. The summed E-state index contributed by atoms with van der Waals surface area (Å²) in [6.07, 6.45) is 0. The fourth-order valence-corrected chi connectivity index (χ4v) is 2.65. The highest BCUT2D eigenvalue weighted by Gasteiger charge is 2.14. The smallest absolute Gasteiger partial charge is 0.291 e. The average Bonchev–Trinajstić information content (AvgIpc) is 3.10. The molecule has 3 rings (SSSR count). The van der Waals surface area contributed by atoms with E-state index < -0.39 is 0 Å². The Morgan fingerprint density at radius 1 is 1.21 bits per heavy atom. The number of amides is 1. The van der Waals surface area contributed by atoms with Gasteiger partial charge in [0.1, 0.15) is 5.76 Å². The summed E-state index contributed by atoms with van der Waals surface area (Å²) < 4.78 is 7.49. The molecule has 0 saturated carbocycles. The zero-order valence-corrected chi connectivity index (χ0v) is 14.5. The van der Waals surface area contributed by atoms with Crippen molar-refractivity contribution in [1.82, 2.24) is 9.78 Å². The first kappa shape index (κ1) is 16.3. The van der Waals surface area contributed by atoms with Gasteiger partial charge in [-0.2, -0.15) is 5.10 Å². The quantitative estimate of drug-likeness (QED) is 0.765. The van der Waals surface area contributed by atoms with E-state index in [0.29, 0.717) is 23.0 Å². The molecule has 0 radical (unpaired) electrons. The molecule has 2 heterocycles. The van der Waals surface area contributed by atoms with E-state index in [9.17, 15) is 4.79 Å². The number of aryl methyl sites for hydroxylation is 3. The lowest BCUT2D eigenvalue weighted by atomic mass is 10.2. The maximum Gasteiger partial charge on any atom is 0.291 e. The number of nitrogens with one attached hydrogen (secondary N) is 1. The molecule has 0 spiro atoms. The number of benzene rings is 1. The van der Waals surface area contributed by atoms with Crippen molar-refractivity contribution in [3.05, 3.63) is 69.9 Å². The van der Waals surface area contributed by atoms with Gasteiger partial charge in [0, 0.05) is 16.4 Å². The van der Waals surface area contributed by atoms with Crippen LogP contribution in [0.2, 0.25) is 5.02 Å². The Balaban J connectivity index is 1.74. The molecule has 24 heavy (non-hydrogen) atoms. The number of carbonyl (C=O) groups excluding carboxylic acids is 1. The van der Waals surface area contributed by atoms with Crippen LogP contribution in [0, 0.1) is 20.8 Å². The minimum Gasteiger partial charge on any atom is -0.454 e. The van der Waals surface area contributed by atoms with Gasteiger partial charge in [-0.3, -0.25) is 9.48 Å². The Hall–Kier alpha value is -2.53. The predicted octanol–water partition coefficient (Wildman–Crippen LogP) is 4.36. The summed E-state index contributed by atoms with van der Waals surface area (Å²) in [4.78, 5) is 12.3. The van der Waals surface area contributed by atoms with E-state index >= 15 is 0 Å². The van der Waals surface area contributed by atoms with Gasteiger partial charge in [-0.25, -0.2) is 0 Å². The van der Waals surface area contributed by atoms with Gasteiger partial charge in [-0.15, -0.1) is 0 Å². The first-order valence-corrected chi connectivity index (χ1v) is 7.97. The van der Waals surface area contributed by atoms with E-state index in [2.05, 4.69) is 10.4 Å². The lowest BCUT2D eigenvalue weighted by Crippen LogP contribution is -2.12. The maximum atomic E-state index is 12.3. The lowest BCUT2D eigenvalue weighted by molar-refractivity contribution is 0.0994. The first-order chi connectivity index (χ1) is 11.4. The van der Waals surface area contributed by atoms with Crippen LogP contribution >= 0.6 is 11.6 Å². The molecule has 3 aromatic rings. The van der Waals surface area contributed by atoms with E-state index in [1.807, 2.05) is 37.6 Å². The lowest BCUT2D eigenvalue weighted by Gasteiger charge is -2.07. The Bertz CT molecular complexity index is 896. The van der Waals surface area contributed by atoms with Gasteiger partial charge in [0.2, 0.25) is 0 Å². The normalized spacial score (nSPS) is 10.8. The SMILES string of the molecule is Cc1cc(C)n(Cc2ccc(C(=O)Nc3cc(Cl)ccc3C)o2)n1. The number of halogens is 1. The molecule has 0 unspecified atom stereocenters. The van der Waals surface area contributed by atoms with Crippen molar-refractivity contribution in [1.29, 1.82) is 0 Å². The van der Waals surface area contributed by atoms with Crippen molar-refractivity contribution in [2.24, 2.45) is 0 Å². The Labute approximate surface area is 145 Å². The fraction of sp³-hybridized carbons (Fsp3) is 0.222. The van der Waals surface area contributed by atoms with Crippen molar-refractivity contribution in [2.75, 3.05) is 5.32 Å². The number of furan rings is 1. The number of carbonyl (C=O) groups is 1. The molecule has 2 aromatic heterocycles. The molecule has 0 fully saturated rings. The maximum absolute atomic E-state index is 12.3. The van der Waals surface area contributed by atoms with Crippen LogP contribution in [0.15, 0.2) is 40.8 Å². The van der Waals surface area contributed by atoms with Crippen molar-refractivity contribution in [3.63, 3.8) is 0 Å². The zero-order chi connectivity index (χ0) is 17.3. The largest absolute Gasteiger partial charge is 0.454 e. The van der Waals surface area contributed by atoms with Gasteiger partial charge in [0.15, 0.2) is 5.76 Å². The van der Waals surface area contributed by atoms with Crippen molar-refractivity contribution in [2.45, 2.75) is 27.3 Å². The van der Waals surface area contributed by atoms with Crippen LogP contribution in [0.25, 0.3) is 0 Å². The number of hydrogen-bond acceptors (Lipinski definition) is 3. The highest BCUT2D eigenvalue weighted by Crippen LogP contribution is 2.21. The third-order valence-corrected chi connectivity index (χ3v) is 3.98. The molecule has 124 valence electrons. The molecule has 0 atom stereocenters. The van der Waals surface area contributed by atoms with Crippen LogP contribution in [0.5, 0.6) is 0 Å². The van der Waals surface area contributed by atoms with Crippen LogP contribution in [0.3, 0.4) is 0 Å². The molecule has 1 amide bonds. The summed E-state index contributed by atoms with van der Waals surface area (Å²) in [6.45, 7) is 6.32. The Kier molecular flexibility index (Phi) is 4.44. The molecule has 0 aliphatic carbocycles. The predicted molar refractivity (Wildman–Crippen MR) is 93.7 cm³/mol. The van der Waals surface area contributed by atoms with E-state index in [1.165, 1.54) is 0 Å². The topological polar surface area (TPSA) is 60.1 Å². The van der Waals surface area contributed by atoms with Crippen LogP contribution in [0.4, 0.5) is 5.69 Å². The minimum atomic E-state index is -0.306. The van der Waals surface area contributed by atoms with Crippen LogP contribution < -0.4 is 5.32 Å². The minimum absolute atomic E-state index is 0.255. The van der Waals surface area contributed by atoms with Crippen molar-refractivity contribution >= 4 is 23.2 Å². The van der Waals surface area contributed by atoms with Crippen LogP contribution in [-0.4, -0.2) is 15.7 Å². The molecule has 0 aliphatic rings. The second-order valence-electron chi connectivity index (χ2n) is 5.76. The molecular weight excluding hydrogens is 326 g/mol. The van der Waals surface area contributed by atoms with E-state index in [4.69, 9.17) is 16.0 Å². The second-order valence-corrected chi connectivity index (χ2v) is 6.20. The molecule has 6 heteroatoms. The summed E-state index contributed by atoms with van der Waals surface area (Å²) >= 11 is 5.97. The van der Waals surface area contributed by atoms with E-state index in [1.54, 1.807) is 24.3 Å². The van der Waals surface area contributed by atoms with E-state index in [0.717, 1.165) is 17.0 Å². The van der Waals surface area contributed by atoms with Gasteiger partial charge in [0.05, 0.1) is 12.2 Å². The number of aromatic nitrogens is 2. The van der Waals surface area contributed by atoms with Crippen LogP contribution in [0.1, 0.15) is 33.3 Å². The second kappa shape index (κ2) is 6.53. The molecule has 5 nitrogen and oxygen atoms in total. The average molecular weight is 344 g/mol. The third kappa shape index (κ3) is 3.51. The monoisotopic (exact) mass is 343 g/mol. The fourth-order valence-electron chi connectivity index (χ4n) is 2.48. The van der Waals surface area contributed by atoms with Crippen molar-refractivity contribution in [3.8, 4) is 0 Å². The van der Waals surface area contributed by atoms with Gasteiger partial charge in [-0.05, 0) is 56.7 Å². The molecular formula is C18H18ClN3O2. The highest BCUT2D eigenvalue weighted by atomic mass is 35.5. The molecule has 1 aromatic carbocycles. The number of nitrogens with zero attached hydrogens (tertiary/aromatic N) is 2. The summed E-state index contributed by atoms with van der Waals surface area (Å²) in [5, 5.41) is 7.78. The van der Waals surface area contributed by atoms with Gasteiger partial charge in [0.25, 0.3) is 5.91 Å². The third-order valence-electron chi connectivity index (χ3n) is 3.74. The first-order valence-electron chi connectivity index (χ1n) is 7.59. The van der Waals surface area contributed by atoms with Gasteiger partial charge in [-0.1, -0.05) is 17.7 Å². The zero-order valence-electron chi connectivity index (χ0n) is 13.8. The molecule has 1 N–H and O–H groups in total. The highest BCUT2D eigenvalue weighted by molar-refractivity contribution is 6.31. The summed E-state index contributed by atoms with van der Waals surface area (Å²) in [5.41, 5.74) is 3.60. The summed E-state index contributed by atoms with van der Waals surface area (Å²) in [6, 6.07) is 10.8. The van der Waals surface area contributed by atoms with Crippen LogP contribution in [-0.2, 0) is 6.54 Å². The molecule has 0 bridgehead atoms. The molecule has 0 aliphatic heterocycles. The van der Waals surface area contributed by atoms with E-state index in [-0.39, 0.29) is 11.7 Å². The number of hydrogen-bond donors (Lipinski definition) is 1. The number of rotatable bonds is 4. The van der Waals surface area contributed by atoms with Gasteiger partial charge < -0.3 is 9.73 Å². The summed E-state index contributed by atoms with van der Waals surface area (Å²) in [7, 11) is 0. The Morgan fingerprint density at radius 2 is 2.00 bits per heavy atom.